The first-order chi connectivity index (χ1) is 8.25. The number of aromatic nitrogens is 3. The van der Waals surface area contributed by atoms with Gasteiger partial charge in [0.25, 0.3) is 0 Å². The SMILES string of the molecule is Cn1cnnc1CCNC(=O)NC1CCCC1. The summed E-state index contributed by atoms with van der Waals surface area (Å²) in [4.78, 5) is 11.5. The molecule has 2 N–H and O–H groups in total. The number of hydrogen-bond acceptors (Lipinski definition) is 3. The fourth-order valence-corrected chi connectivity index (χ4v) is 2.13. The number of carbonyl (C=O) groups excluding carboxylic acids is 1. The van der Waals surface area contributed by atoms with Crippen LogP contribution in [0.3, 0.4) is 0 Å². The summed E-state index contributed by atoms with van der Waals surface area (Å²) in [6.07, 6.45) is 7.03. The van der Waals surface area contributed by atoms with Gasteiger partial charge in [-0.3, -0.25) is 0 Å². The molecule has 94 valence electrons. The first-order valence-corrected chi connectivity index (χ1v) is 6.13. The zero-order valence-electron chi connectivity index (χ0n) is 10.1. The quantitative estimate of drug-likeness (QED) is 0.805. The maximum atomic E-state index is 11.5. The number of hydrogen-bond donors (Lipinski definition) is 2. The lowest BCUT2D eigenvalue weighted by atomic mass is 10.2. The van der Waals surface area contributed by atoms with E-state index in [1.54, 1.807) is 6.33 Å². The average molecular weight is 237 g/mol. The largest absolute Gasteiger partial charge is 0.338 e. The van der Waals surface area contributed by atoms with E-state index in [9.17, 15) is 4.79 Å². The number of carbonyl (C=O) groups is 1. The Hall–Kier alpha value is -1.59. The van der Waals surface area contributed by atoms with Crippen LogP contribution in [0.4, 0.5) is 4.79 Å². The van der Waals surface area contributed by atoms with Crippen molar-refractivity contribution in [1.29, 1.82) is 0 Å². The predicted molar refractivity (Wildman–Crippen MR) is 63.5 cm³/mol. The summed E-state index contributed by atoms with van der Waals surface area (Å²) in [5.41, 5.74) is 0. The van der Waals surface area contributed by atoms with E-state index in [0.29, 0.717) is 19.0 Å². The zero-order chi connectivity index (χ0) is 12.1. The smallest absolute Gasteiger partial charge is 0.315 e. The first kappa shape index (κ1) is 11.9. The number of rotatable bonds is 4. The molecule has 1 aromatic heterocycles. The summed E-state index contributed by atoms with van der Waals surface area (Å²) >= 11 is 0. The summed E-state index contributed by atoms with van der Waals surface area (Å²) in [6, 6.07) is 0.295. The normalized spacial score (nSPS) is 16.1. The molecule has 0 unspecified atom stereocenters. The molecular weight excluding hydrogens is 218 g/mol. The van der Waals surface area contributed by atoms with Gasteiger partial charge in [-0.15, -0.1) is 10.2 Å². The topological polar surface area (TPSA) is 71.8 Å². The van der Waals surface area contributed by atoms with E-state index in [2.05, 4.69) is 20.8 Å². The second-order valence-corrected chi connectivity index (χ2v) is 4.49. The van der Waals surface area contributed by atoms with Gasteiger partial charge < -0.3 is 15.2 Å². The molecule has 1 heterocycles. The van der Waals surface area contributed by atoms with Gasteiger partial charge in [0.1, 0.15) is 12.2 Å². The molecule has 1 fully saturated rings. The third kappa shape index (κ3) is 3.44. The summed E-state index contributed by atoms with van der Waals surface area (Å²) in [5.74, 6) is 0.881. The molecule has 0 radical (unpaired) electrons. The van der Waals surface area contributed by atoms with Crippen molar-refractivity contribution in [2.24, 2.45) is 7.05 Å². The summed E-state index contributed by atoms with van der Waals surface area (Å²) in [6.45, 7) is 0.588. The minimum Gasteiger partial charge on any atom is -0.338 e. The lowest BCUT2D eigenvalue weighted by molar-refractivity contribution is 0.237. The highest BCUT2D eigenvalue weighted by Gasteiger charge is 2.16. The standard InChI is InChI=1S/C11H19N5O/c1-16-8-13-15-10(16)6-7-12-11(17)14-9-4-2-3-5-9/h8-9H,2-7H2,1H3,(H2,12,14,17). The Morgan fingerprint density at radius 2 is 2.29 bits per heavy atom. The molecule has 17 heavy (non-hydrogen) atoms. The Morgan fingerprint density at radius 3 is 2.94 bits per heavy atom. The lowest BCUT2D eigenvalue weighted by Gasteiger charge is -2.12. The molecule has 2 amide bonds. The van der Waals surface area contributed by atoms with Crippen LogP contribution in [0, 0.1) is 0 Å². The van der Waals surface area contributed by atoms with Crippen LogP contribution >= 0.6 is 0 Å². The molecule has 0 atom stereocenters. The molecule has 1 saturated carbocycles. The molecule has 0 bridgehead atoms. The van der Waals surface area contributed by atoms with Crippen molar-refractivity contribution in [2.45, 2.75) is 38.1 Å². The summed E-state index contributed by atoms with van der Waals surface area (Å²) in [7, 11) is 1.90. The average Bonchev–Trinajstić information content (AvgIpc) is 2.91. The van der Waals surface area contributed by atoms with Crippen molar-refractivity contribution in [1.82, 2.24) is 25.4 Å². The van der Waals surface area contributed by atoms with Crippen molar-refractivity contribution in [2.75, 3.05) is 6.54 Å². The van der Waals surface area contributed by atoms with E-state index in [0.717, 1.165) is 18.7 Å². The van der Waals surface area contributed by atoms with Gasteiger partial charge in [-0.2, -0.15) is 0 Å². The fourth-order valence-electron chi connectivity index (χ4n) is 2.13. The first-order valence-electron chi connectivity index (χ1n) is 6.13. The highest BCUT2D eigenvalue weighted by atomic mass is 16.2. The molecule has 1 aliphatic carbocycles. The van der Waals surface area contributed by atoms with Crippen LogP contribution in [-0.4, -0.2) is 33.4 Å². The van der Waals surface area contributed by atoms with Crippen LogP contribution in [0.1, 0.15) is 31.5 Å². The summed E-state index contributed by atoms with van der Waals surface area (Å²) < 4.78 is 1.86. The monoisotopic (exact) mass is 237 g/mol. The Morgan fingerprint density at radius 1 is 1.53 bits per heavy atom. The molecule has 1 aliphatic rings. The van der Waals surface area contributed by atoms with Crippen molar-refractivity contribution >= 4 is 6.03 Å². The van der Waals surface area contributed by atoms with Gasteiger partial charge in [-0.25, -0.2) is 4.79 Å². The van der Waals surface area contributed by atoms with Crippen LogP contribution < -0.4 is 10.6 Å². The summed E-state index contributed by atoms with van der Waals surface area (Å²) in [5, 5.41) is 13.6. The van der Waals surface area contributed by atoms with E-state index in [-0.39, 0.29) is 6.03 Å². The van der Waals surface area contributed by atoms with Crippen LogP contribution in [0.5, 0.6) is 0 Å². The van der Waals surface area contributed by atoms with Crippen molar-refractivity contribution in [3.05, 3.63) is 12.2 Å². The van der Waals surface area contributed by atoms with Gasteiger partial charge in [-0.05, 0) is 12.8 Å². The minimum absolute atomic E-state index is 0.0703. The van der Waals surface area contributed by atoms with Gasteiger partial charge >= 0.3 is 6.03 Å². The molecule has 1 aromatic rings. The number of nitrogens with zero attached hydrogens (tertiary/aromatic N) is 3. The molecular formula is C11H19N5O. The van der Waals surface area contributed by atoms with E-state index in [1.165, 1.54) is 12.8 Å². The molecule has 6 nitrogen and oxygen atoms in total. The Bertz CT molecular complexity index is 370. The van der Waals surface area contributed by atoms with Gasteiger partial charge in [0, 0.05) is 26.1 Å². The van der Waals surface area contributed by atoms with Crippen molar-refractivity contribution in [3.8, 4) is 0 Å². The number of aryl methyl sites for hydroxylation is 1. The Labute approximate surface area is 101 Å². The van der Waals surface area contributed by atoms with Gasteiger partial charge in [0.15, 0.2) is 0 Å². The molecule has 0 aliphatic heterocycles. The van der Waals surface area contributed by atoms with Crippen LogP contribution in [-0.2, 0) is 13.5 Å². The minimum atomic E-state index is -0.0703. The third-order valence-corrected chi connectivity index (χ3v) is 3.13. The predicted octanol–water partition coefficient (Wildman–Crippen LogP) is 0.599. The molecule has 0 spiro atoms. The number of urea groups is 1. The third-order valence-electron chi connectivity index (χ3n) is 3.13. The second-order valence-electron chi connectivity index (χ2n) is 4.49. The Kier molecular flexibility index (Phi) is 3.95. The van der Waals surface area contributed by atoms with E-state index in [1.807, 2.05) is 11.6 Å². The van der Waals surface area contributed by atoms with Crippen LogP contribution in [0.15, 0.2) is 6.33 Å². The fraction of sp³-hybridized carbons (Fsp3) is 0.727. The lowest BCUT2D eigenvalue weighted by Crippen LogP contribution is -2.41. The number of nitrogens with one attached hydrogen (secondary N) is 2. The zero-order valence-corrected chi connectivity index (χ0v) is 10.1. The molecule has 2 rings (SSSR count). The van der Waals surface area contributed by atoms with Crippen molar-refractivity contribution < 1.29 is 4.79 Å². The van der Waals surface area contributed by atoms with Gasteiger partial charge in [0.2, 0.25) is 0 Å². The van der Waals surface area contributed by atoms with Gasteiger partial charge in [0.05, 0.1) is 0 Å². The second kappa shape index (κ2) is 5.65. The Balaban J connectivity index is 1.64. The maximum Gasteiger partial charge on any atom is 0.315 e. The highest BCUT2D eigenvalue weighted by molar-refractivity contribution is 5.74. The molecule has 0 saturated heterocycles. The van der Waals surface area contributed by atoms with E-state index >= 15 is 0 Å². The van der Waals surface area contributed by atoms with Gasteiger partial charge in [-0.1, -0.05) is 12.8 Å². The molecule has 0 aromatic carbocycles. The number of amides is 2. The van der Waals surface area contributed by atoms with Crippen LogP contribution in [0.2, 0.25) is 0 Å². The van der Waals surface area contributed by atoms with Crippen LogP contribution in [0.25, 0.3) is 0 Å². The van der Waals surface area contributed by atoms with E-state index < -0.39 is 0 Å². The highest BCUT2D eigenvalue weighted by Crippen LogP contribution is 2.17. The van der Waals surface area contributed by atoms with E-state index in [4.69, 9.17) is 0 Å². The van der Waals surface area contributed by atoms with Crippen molar-refractivity contribution in [3.63, 3.8) is 0 Å². The maximum absolute atomic E-state index is 11.5. The molecule has 6 heteroatoms.